The summed E-state index contributed by atoms with van der Waals surface area (Å²) in [5, 5.41) is 86.2. The molecule has 14 aliphatic rings. The van der Waals surface area contributed by atoms with Gasteiger partial charge in [0.2, 0.25) is 29.0 Å². The molecule has 0 aromatic heterocycles. The second kappa shape index (κ2) is 17.4. The van der Waals surface area contributed by atoms with Crippen molar-refractivity contribution in [3.63, 3.8) is 0 Å². The van der Waals surface area contributed by atoms with Crippen LogP contribution in [0.2, 0.25) is 0 Å². The summed E-state index contributed by atoms with van der Waals surface area (Å²) in [6.45, 7) is 21.8. The quantitative estimate of drug-likeness (QED) is 0.147. The van der Waals surface area contributed by atoms with E-state index in [1.807, 2.05) is 79.7 Å². The van der Waals surface area contributed by atoms with Crippen LogP contribution in [-0.2, 0) is 52.6 Å². The maximum Gasteiger partial charge on any atom is 0.256 e. The molecule has 7 aliphatic heterocycles. The van der Waals surface area contributed by atoms with Crippen molar-refractivity contribution in [1.82, 2.24) is 10.6 Å². The highest BCUT2D eigenvalue weighted by Gasteiger charge is 3.07. The predicted octanol–water partition coefficient (Wildman–Crippen LogP) is 3.64. The zero-order valence-electron chi connectivity index (χ0n) is 50.3. The molecular formula is C66H80N2O17. The van der Waals surface area contributed by atoms with Crippen molar-refractivity contribution in [2.24, 2.45) is 98.1 Å². The lowest BCUT2D eigenvalue weighted by atomic mass is 9.34. The van der Waals surface area contributed by atoms with Crippen molar-refractivity contribution in [3.8, 4) is 0 Å². The zero-order chi connectivity index (χ0) is 61.4. The molecular weight excluding hydrogens is 1090 g/mol. The molecule has 456 valence electrons. The van der Waals surface area contributed by atoms with Crippen molar-refractivity contribution in [2.75, 3.05) is 0 Å². The van der Waals surface area contributed by atoms with E-state index >= 15 is 38.4 Å². The zero-order valence-corrected chi connectivity index (χ0v) is 50.3. The fraction of sp³-hybridized carbons (Fsp3) is 0.697. The van der Waals surface area contributed by atoms with E-state index in [-0.39, 0.29) is 48.7 Å². The van der Waals surface area contributed by atoms with E-state index in [0.717, 1.165) is 11.1 Å². The number of aliphatic hydroxyl groups is 6. The first-order valence-corrected chi connectivity index (χ1v) is 31.0. The van der Waals surface area contributed by atoms with Crippen LogP contribution in [0.25, 0.3) is 0 Å². The maximum atomic E-state index is 17.6. The number of ether oxygens (including phenoxy) is 3. The van der Waals surface area contributed by atoms with Crippen LogP contribution in [0.3, 0.4) is 0 Å². The van der Waals surface area contributed by atoms with Crippen molar-refractivity contribution in [1.29, 1.82) is 0 Å². The number of nitrogens with one attached hydrogen (secondary N) is 2. The Morgan fingerprint density at radius 3 is 1.68 bits per heavy atom. The van der Waals surface area contributed by atoms with Crippen molar-refractivity contribution >= 4 is 46.5 Å². The molecule has 19 heteroatoms. The Balaban J connectivity index is 1.09. The Bertz CT molecular complexity index is 3440. The molecule has 0 aromatic carbocycles. The van der Waals surface area contributed by atoms with E-state index in [1.165, 1.54) is 13.8 Å². The number of fused-ring (bicyclic) bond motifs is 9. The van der Waals surface area contributed by atoms with Gasteiger partial charge in [-0.15, -0.1) is 0 Å². The minimum atomic E-state index is -3.91. The monoisotopic (exact) mass is 1170 g/mol. The first kappa shape index (κ1) is 57.6. The molecule has 26 atom stereocenters. The first-order chi connectivity index (χ1) is 39.8. The summed E-state index contributed by atoms with van der Waals surface area (Å²) in [6.07, 6.45) is -4.00. The molecule has 0 unspecified atom stereocenters. The van der Waals surface area contributed by atoms with Crippen LogP contribution >= 0.6 is 0 Å². The van der Waals surface area contributed by atoms with Crippen molar-refractivity contribution < 1.29 is 83.2 Å². The minimum Gasteiger partial charge on any atom is -0.504 e. The summed E-state index contributed by atoms with van der Waals surface area (Å²) < 4.78 is 21.0. The SMILES string of the molecule is CC1=C[C@@H]2/C=C(/C)CC[C@@H](O)C(=O)[C@H]3[C@H](C(=O)[C@]24C(=O)N[C@@H](CC(C)C)[C@@H]4[C@@H]1C)[C@@H]1O[C@H]3C2=C(C)C(=O)[C@]3(O)C(=O)[C@@]21[C@@]12C(C)=C(O)C(=O)[C@@]4(O)O[C@]5(O)[C@H]6[C@H](C(=O)[C@@]78C(=O)N[C@@H](CC(C)C)[C@@H]7[C@H](C)C(C)=C[C@@H]8/C=C(/C)CC[C@H]5O)[C@@H]1O[C@H]6[C@@]324. The molecule has 0 aromatic rings. The molecule has 7 saturated heterocycles. The Hall–Kier alpha value is -5.12. The van der Waals surface area contributed by atoms with E-state index in [9.17, 15) is 30.6 Å². The molecule has 0 radical (unpaired) electrons. The number of allylic oxidation sites excluding steroid dienone is 8. The Labute approximate surface area is 493 Å². The average Bonchev–Trinajstić information content (AvgIpc) is 1.40. The van der Waals surface area contributed by atoms with Gasteiger partial charge in [-0.3, -0.25) is 38.4 Å². The Morgan fingerprint density at radius 1 is 0.635 bits per heavy atom. The van der Waals surface area contributed by atoms with E-state index in [4.69, 9.17) is 14.2 Å². The van der Waals surface area contributed by atoms with Gasteiger partial charge < -0.3 is 55.5 Å². The van der Waals surface area contributed by atoms with Crippen LogP contribution in [0.4, 0.5) is 0 Å². The van der Waals surface area contributed by atoms with Gasteiger partial charge in [-0.25, -0.2) is 0 Å². The lowest BCUT2D eigenvalue weighted by molar-refractivity contribution is -0.455. The van der Waals surface area contributed by atoms with E-state index in [1.54, 1.807) is 13.8 Å². The van der Waals surface area contributed by atoms with Crippen LogP contribution in [0.5, 0.6) is 0 Å². The lowest BCUT2D eigenvalue weighted by Crippen LogP contribution is -2.87. The van der Waals surface area contributed by atoms with Gasteiger partial charge in [-0.1, -0.05) is 88.1 Å². The molecule has 85 heavy (non-hydrogen) atoms. The molecule has 7 aliphatic carbocycles. The predicted molar refractivity (Wildman–Crippen MR) is 298 cm³/mol. The average molecular weight is 1170 g/mol. The minimum absolute atomic E-state index is 0.00894. The van der Waals surface area contributed by atoms with Crippen LogP contribution in [0.1, 0.15) is 122 Å². The van der Waals surface area contributed by atoms with Gasteiger partial charge in [-0.2, -0.15) is 0 Å². The van der Waals surface area contributed by atoms with Crippen LogP contribution in [-0.4, -0.2) is 143 Å². The number of carbonyl (C=O) groups excluding carboxylic acids is 8. The van der Waals surface area contributed by atoms with Gasteiger partial charge in [0.05, 0.1) is 58.9 Å². The van der Waals surface area contributed by atoms with Gasteiger partial charge in [0.1, 0.15) is 28.5 Å². The van der Waals surface area contributed by atoms with Gasteiger partial charge in [0, 0.05) is 35.8 Å². The van der Waals surface area contributed by atoms with Gasteiger partial charge in [0.15, 0.2) is 34.7 Å². The molecule has 8 N–H and O–H groups in total. The number of rotatable bonds is 4. The third kappa shape index (κ3) is 5.74. The number of Topliss-reactive ketones (excluding diaryl/α,β-unsaturated/α-hetero) is 6. The molecule has 19 nitrogen and oxygen atoms in total. The topological polar surface area (TPSA) is 310 Å². The van der Waals surface area contributed by atoms with Gasteiger partial charge in [0.25, 0.3) is 5.78 Å². The summed E-state index contributed by atoms with van der Waals surface area (Å²) >= 11 is 0. The number of hydrogen-bond donors (Lipinski definition) is 8. The van der Waals surface area contributed by atoms with E-state index in [0.29, 0.717) is 24.0 Å². The molecule has 4 spiro atoms. The van der Waals surface area contributed by atoms with Crippen molar-refractivity contribution in [2.45, 2.75) is 187 Å². The molecule has 14 rings (SSSR count). The highest BCUT2D eigenvalue weighted by Crippen LogP contribution is 2.92. The second-order valence-electron chi connectivity index (χ2n) is 29.6. The summed E-state index contributed by atoms with van der Waals surface area (Å²) in [5.41, 5.74) is -14.7. The standard InChI is InChI=1S/C66H80N2O17/c1-23(2)17-35-42-29(9)27(7)21-33-19-25(5)13-15-37(69)47(72)39-40(50(74)59(33,42)57(78)67-35)53-61-44(48(39)83-53)31(11)49(73)63(80,56(61)77)65-55-45-41-51(75)60-34(22-28(8)30(10)43(60)36(18-24(3)4)68-58(60)79)20-26(6)14-16-38(70)64(45,81)85-66(65,82)52(76)46(71)32(12)62(61,65)54(41)84-55/h19-24,29-30,33-43,45,48,53-55,69-71,80-82H,13-18H2,1-12H3,(H,67,78)(H,68,79)/b25-19-,26-20-/t29-,30-,33+,34+,35+,36+,37-,38-,39-,40-,41-,42+,43+,45+,48-,53+,54+,55-,59+,60+,61-,62-,63+,64+,65+,66-/m1/s1. The number of aliphatic hydroxyl groups excluding tert-OH is 3. The summed E-state index contributed by atoms with van der Waals surface area (Å²) in [5.74, 6) is -28.7. The second-order valence-corrected chi connectivity index (χ2v) is 29.6. The lowest BCUT2D eigenvalue weighted by Gasteiger charge is -2.69. The number of ketones is 6. The third-order valence-corrected chi connectivity index (χ3v) is 25.3. The fourth-order valence-electron chi connectivity index (χ4n) is 22.4. The first-order valence-electron chi connectivity index (χ1n) is 31.0. The smallest absolute Gasteiger partial charge is 0.256 e. The maximum absolute atomic E-state index is 17.6. The Kier molecular flexibility index (Phi) is 11.8. The molecule has 6 bridgehead atoms. The van der Waals surface area contributed by atoms with Crippen LogP contribution in [0.15, 0.2) is 69.1 Å². The summed E-state index contributed by atoms with van der Waals surface area (Å²) in [6, 6.07) is -1.19. The van der Waals surface area contributed by atoms with E-state index in [2.05, 4.69) is 10.6 Å². The van der Waals surface area contributed by atoms with Crippen LogP contribution in [0, 0.1) is 98.1 Å². The molecule has 7 heterocycles. The Morgan fingerprint density at radius 2 is 1.15 bits per heavy atom. The summed E-state index contributed by atoms with van der Waals surface area (Å²) in [7, 11) is 0. The highest BCUT2D eigenvalue weighted by atomic mass is 16.7. The number of carbonyl (C=O) groups is 8. The molecule has 8 fully saturated rings. The number of hydrogen-bond acceptors (Lipinski definition) is 17. The highest BCUT2D eigenvalue weighted by molar-refractivity contribution is 6.29. The van der Waals surface area contributed by atoms with Crippen molar-refractivity contribution in [3.05, 3.63) is 69.1 Å². The molecule has 2 amide bonds. The van der Waals surface area contributed by atoms with Crippen LogP contribution < -0.4 is 10.6 Å². The normalized spacial score (nSPS) is 53.8. The van der Waals surface area contributed by atoms with Gasteiger partial charge in [-0.05, 0) is 120 Å². The summed E-state index contributed by atoms with van der Waals surface area (Å²) in [4.78, 5) is 131. The van der Waals surface area contributed by atoms with Gasteiger partial charge >= 0.3 is 0 Å². The molecule has 1 saturated carbocycles. The van der Waals surface area contributed by atoms with E-state index < -0.39 is 210 Å². The third-order valence-electron chi connectivity index (χ3n) is 25.3. The number of amides is 2. The fourth-order valence-corrected chi connectivity index (χ4v) is 22.4. The largest absolute Gasteiger partial charge is 0.504 e.